The Morgan fingerprint density at radius 2 is 2.17 bits per heavy atom. The van der Waals surface area contributed by atoms with Gasteiger partial charge in [-0.2, -0.15) is 0 Å². The lowest BCUT2D eigenvalue weighted by molar-refractivity contribution is -0.132. The molecule has 2 aliphatic rings. The van der Waals surface area contributed by atoms with E-state index in [-0.39, 0.29) is 24.8 Å². The van der Waals surface area contributed by atoms with Crippen LogP contribution in [0.4, 0.5) is 0 Å². The van der Waals surface area contributed by atoms with Gasteiger partial charge in [0.05, 0.1) is 24.5 Å². The Balaban J connectivity index is 1.14. The first-order valence-corrected chi connectivity index (χ1v) is 9.87. The molecule has 2 N–H and O–H groups in total. The maximum atomic E-state index is 12.9. The largest absolute Gasteiger partial charge is 0.492 e. The zero-order valence-corrected chi connectivity index (χ0v) is 16.6. The Kier molecular flexibility index (Phi) is 4.89. The van der Waals surface area contributed by atoms with Crippen molar-refractivity contribution >= 4 is 11.6 Å². The highest BCUT2D eigenvalue weighted by Crippen LogP contribution is 2.35. The second kappa shape index (κ2) is 7.85. The third-order valence-electron chi connectivity index (χ3n) is 5.34. The second-order valence-corrected chi connectivity index (χ2v) is 7.47. The van der Waals surface area contributed by atoms with Crippen LogP contribution in [0.3, 0.4) is 0 Å². The summed E-state index contributed by atoms with van der Waals surface area (Å²) in [7, 11) is 1.81. The average Bonchev–Trinajstić information content (AvgIpc) is 3.51. The molecule has 1 amide bonds. The molecule has 156 valence electrons. The van der Waals surface area contributed by atoms with Gasteiger partial charge in [0.25, 0.3) is 0 Å². The Bertz CT molecular complexity index is 1070. The highest BCUT2D eigenvalue weighted by Gasteiger charge is 2.31. The topological polar surface area (TPSA) is 89.4 Å². The van der Waals surface area contributed by atoms with Crippen molar-refractivity contribution in [3.8, 4) is 17.2 Å². The number of nitrogens with one attached hydrogen (secondary N) is 2. The zero-order chi connectivity index (χ0) is 20.5. The molecule has 2 aliphatic heterocycles. The van der Waals surface area contributed by atoms with E-state index >= 15 is 0 Å². The fourth-order valence-corrected chi connectivity index (χ4v) is 3.75. The number of aromatic nitrogens is 2. The Labute approximate surface area is 173 Å². The van der Waals surface area contributed by atoms with Crippen LogP contribution in [0.5, 0.6) is 17.2 Å². The normalized spacial score (nSPS) is 19.9. The molecule has 0 bridgehead atoms. The highest BCUT2D eigenvalue weighted by atomic mass is 16.7. The van der Waals surface area contributed by atoms with Crippen LogP contribution < -0.4 is 25.1 Å². The molecular formula is C21H23N5O4. The molecule has 0 spiro atoms. The van der Waals surface area contributed by atoms with Gasteiger partial charge < -0.3 is 23.5 Å². The smallest absolute Gasteiger partial charge is 0.241 e. The van der Waals surface area contributed by atoms with E-state index in [2.05, 4.69) is 15.8 Å². The molecule has 1 saturated heterocycles. The van der Waals surface area contributed by atoms with Crippen LogP contribution in [-0.4, -0.2) is 52.7 Å². The molecule has 2 aromatic heterocycles. The number of hydrogen-bond acceptors (Lipinski definition) is 7. The summed E-state index contributed by atoms with van der Waals surface area (Å²) in [5, 5.41) is 0. The molecule has 5 rings (SSSR count). The van der Waals surface area contributed by atoms with E-state index < -0.39 is 0 Å². The standard InChI is InChI=1S/C21H23N5O4/c1-25(11-15-10-22-20-4-2-3-7-26(15)20)21(27)17-8-14(23-24-17)12-28-16-5-6-18-19(9-16)30-13-29-18/h2-7,9-10,14,17,23-24H,8,11-13H2,1H3. The van der Waals surface area contributed by atoms with Crippen LogP contribution >= 0.6 is 0 Å². The van der Waals surface area contributed by atoms with Gasteiger partial charge in [-0.3, -0.25) is 10.2 Å². The zero-order valence-electron chi connectivity index (χ0n) is 16.6. The number of pyridine rings is 1. The molecule has 1 fully saturated rings. The molecule has 30 heavy (non-hydrogen) atoms. The number of fused-ring (bicyclic) bond motifs is 2. The number of amides is 1. The van der Waals surface area contributed by atoms with Crippen molar-refractivity contribution in [3.63, 3.8) is 0 Å². The fourth-order valence-electron chi connectivity index (χ4n) is 3.75. The quantitative estimate of drug-likeness (QED) is 0.635. The van der Waals surface area contributed by atoms with Gasteiger partial charge in [0.15, 0.2) is 11.5 Å². The van der Waals surface area contributed by atoms with Gasteiger partial charge in [0.1, 0.15) is 24.0 Å². The summed E-state index contributed by atoms with van der Waals surface area (Å²) in [5.74, 6) is 2.15. The van der Waals surface area contributed by atoms with Crippen LogP contribution in [0.2, 0.25) is 0 Å². The van der Waals surface area contributed by atoms with Crippen LogP contribution in [0, 0.1) is 0 Å². The molecule has 4 heterocycles. The number of imidazole rings is 1. The number of benzene rings is 1. The number of carbonyl (C=O) groups is 1. The van der Waals surface area contributed by atoms with Gasteiger partial charge in [0.2, 0.25) is 12.7 Å². The number of likely N-dealkylation sites (N-methyl/N-ethyl adjacent to an activating group) is 1. The van der Waals surface area contributed by atoms with E-state index in [1.807, 2.05) is 54.0 Å². The summed E-state index contributed by atoms with van der Waals surface area (Å²) in [5.41, 5.74) is 8.09. The monoisotopic (exact) mass is 409 g/mol. The molecule has 9 heteroatoms. The van der Waals surface area contributed by atoms with E-state index in [0.29, 0.717) is 31.1 Å². The summed E-state index contributed by atoms with van der Waals surface area (Å²) in [6, 6.07) is 11.1. The lowest BCUT2D eigenvalue weighted by Gasteiger charge is -2.20. The number of rotatable bonds is 6. The van der Waals surface area contributed by atoms with E-state index in [0.717, 1.165) is 17.1 Å². The van der Waals surface area contributed by atoms with E-state index in [4.69, 9.17) is 14.2 Å². The van der Waals surface area contributed by atoms with Crippen molar-refractivity contribution < 1.29 is 19.0 Å². The SMILES string of the molecule is CN(Cc1cnc2ccccn12)C(=O)C1CC(COc2ccc3c(c2)OCO3)NN1. The number of nitrogens with zero attached hydrogens (tertiary/aromatic N) is 3. The van der Waals surface area contributed by atoms with Crippen LogP contribution in [-0.2, 0) is 11.3 Å². The predicted octanol–water partition coefficient (Wildman–Crippen LogP) is 1.34. The van der Waals surface area contributed by atoms with Gasteiger partial charge in [-0.25, -0.2) is 10.4 Å². The summed E-state index contributed by atoms with van der Waals surface area (Å²) in [6.07, 6.45) is 4.40. The number of carbonyl (C=O) groups excluding carboxylic acids is 1. The molecule has 0 aliphatic carbocycles. The Hall–Kier alpha value is -3.30. The number of ether oxygens (including phenoxy) is 3. The highest BCUT2D eigenvalue weighted by molar-refractivity contribution is 5.82. The third kappa shape index (κ3) is 3.64. The lowest BCUT2D eigenvalue weighted by atomic mass is 10.1. The van der Waals surface area contributed by atoms with Crippen molar-refractivity contribution in [2.24, 2.45) is 0 Å². The first-order valence-electron chi connectivity index (χ1n) is 9.87. The van der Waals surface area contributed by atoms with Crippen molar-refractivity contribution in [3.05, 3.63) is 54.5 Å². The van der Waals surface area contributed by atoms with Gasteiger partial charge in [-0.1, -0.05) is 6.07 Å². The van der Waals surface area contributed by atoms with E-state index in [1.165, 1.54) is 0 Å². The molecule has 0 radical (unpaired) electrons. The summed E-state index contributed by atoms with van der Waals surface area (Å²) in [4.78, 5) is 19.0. The van der Waals surface area contributed by atoms with Gasteiger partial charge >= 0.3 is 0 Å². The predicted molar refractivity (Wildman–Crippen MR) is 108 cm³/mol. The van der Waals surface area contributed by atoms with Gasteiger partial charge in [0, 0.05) is 19.3 Å². The van der Waals surface area contributed by atoms with Crippen molar-refractivity contribution in [2.75, 3.05) is 20.4 Å². The van der Waals surface area contributed by atoms with Crippen LogP contribution in [0.25, 0.3) is 5.65 Å². The molecule has 0 saturated carbocycles. The molecule has 3 aromatic rings. The van der Waals surface area contributed by atoms with E-state index in [9.17, 15) is 4.79 Å². The Morgan fingerprint density at radius 3 is 3.10 bits per heavy atom. The van der Waals surface area contributed by atoms with Crippen LogP contribution in [0.15, 0.2) is 48.8 Å². The molecular weight excluding hydrogens is 386 g/mol. The second-order valence-electron chi connectivity index (χ2n) is 7.47. The van der Waals surface area contributed by atoms with E-state index in [1.54, 1.807) is 11.1 Å². The van der Waals surface area contributed by atoms with Crippen molar-refractivity contribution in [1.29, 1.82) is 0 Å². The molecule has 9 nitrogen and oxygen atoms in total. The maximum Gasteiger partial charge on any atom is 0.241 e. The fraction of sp³-hybridized carbons (Fsp3) is 0.333. The Morgan fingerprint density at radius 1 is 1.27 bits per heavy atom. The van der Waals surface area contributed by atoms with Crippen LogP contribution in [0.1, 0.15) is 12.1 Å². The van der Waals surface area contributed by atoms with Gasteiger partial charge in [-0.05, 0) is 30.7 Å². The first kappa shape index (κ1) is 18.7. The molecule has 2 atom stereocenters. The first-order chi connectivity index (χ1) is 14.7. The number of hydrazine groups is 1. The van der Waals surface area contributed by atoms with Gasteiger partial charge in [-0.15, -0.1) is 0 Å². The minimum Gasteiger partial charge on any atom is -0.492 e. The average molecular weight is 409 g/mol. The van der Waals surface area contributed by atoms with Crippen molar-refractivity contribution in [1.82, 2.24) is 25.1 Å². The minimum absolute atomic E-state index is 0.0218. The third-order valence-corrected chi connectivity index (χ3v) is 5.34. The molecule has 1 aromatic carbocycles. The summed E-state index contributed by atoms with van der Waals surface area (Å²) < 4.78 is 18.5. The number of hydrogen-bond donors (Lipinski definition) is 2. The maximum absolute atomic E-state index is 12.9. The van der Waals surface area contributed by atoms with Crippen molar-refractivity contribution in [2.45, 2.75) is 25.0 Å². The molecule has 2 unspecified atom stereocenters. The minimum atomic E-state index is -0.306. The summed E-state index contributed by atoms with van der Waals surface area (Å²) in [6.45, 7) is 1.16. The lowest BCUT2D eigenvalue weighted by Crippen LogP contribution is -2.44. The summed E-state index contributed by atoms with van der Waals surface area (Å²) >= 11 is 0.